The number of H-pyrrole nitrogens is 1. The molecule has 9 nitrogen and oxygen atoms in total. The van der Waals surface area contributed by atoms with Crippen LogP contribution in [0.3, 0.4) is 0 Å². The topological polar surface area (TPSA) is 130 Å². The second kappa shape index (κ2) is 4.23. The maximum Gasteiger partial charge on any atom is 0.311 e. The van der Waals surface area contributed by atoms with Gasteiger partial charge < -0.3 is 15.2 Å². The van der Waals surface area contributed by atoms with Crippen molar-refractivity contribution in [3.63, 3.8) is 0 Å². The summed E-state index contributed by atoms with van der Waals surface area (Å²) < 4.78 is 4.99. The van der Waals surface area contributed by atoms with Gasteiger partial charge in [-0.15, -0.1) is 10.2 Å². The van der Waals surface area contributed by atoms with Crippen LogP contribution in [0, 0.1) is 5.92 Å². The molecule has 0 aliphatic carbocycles. The van der Waals surface area contributed by atoms with E-state index < -0.39 is 23.8 Å². The minimum atomic E-state index is -1.00. The van der Waals surface area contributed by atoms with Crippen LogP contribution < -0.4 is 5.32 Å². The Kier molecular flexibility index (Phi) is 2.77. The van der Waals surface area contributed by atoms with Gasteiger partial charge in [0.25, 0.3) is 11.7 Å². The van der Waals surface area contributed by atoms with Crippen molar-refractivity contribution in [2.75, 3.05) is 13.2 Å². The molecule has 3 N–H and O–H groups in total. The number of aromatic nitrogens is 4. The van der Waals surface area contributed by atoms with E-state index in [1.54, 1.807) is 0 Å². The Labute approximate surface area is 89.2 Å². The number of carbonyl (C=O) groups is 2. The van der Waals surface area contributed by atoms with Crippen LogP contribution in [0.25, 0.3) is 0 Å². The third-order valence-corrected chi connectivity index (χ3v) is 2.26. The average molecular weight is 227 g/mol. The fourth-order valence-corrected chi connectivity index (χ4v) is 1.43. The molecular formula is C7H9N5O4. The molecule has 1 aromatic heterocycles. The Bertz CT molecular complexity index is 391. The number of ether oxygens (including phenoxy) is 1. The van der Waals surface area contributed by atoms with Crippen LogP contribution in [-0.2, 0) is 9.53 Å². The standard InChI is InChI=1S/C7H9N5O4/c13-6(5-9-11-12-10-5)8-4-2-16-1-3(4)7(14)15/h3-4H,1-2H2,(H,8,13)(H,14,15)(H,9,10,11,12). The lowest BCUT2D eigenvalue weighted by atomic mass is 10.0. The van der Waals surface area contributed by atoms with Crippen LogP contribution >= 0.6 is 0 Å². The zero-order chi connectivity index (χ0) is 11.5. The minimum absolute atomic E-state index is 0.0898. The zero-order valence-corrected chi connectivity index (χ0v) is 8.08. The number of amides is 1. The van der Waals surface area contributed by atoms with Crippen LogP contribution in [0.2, 0.25) is 0 Å². The highest BCUT2D eigenvalue weighted by Crippen LogP contribution is 2.13. The molecule has 0 aromatic carbocycles. The van der Waals surface area contributed by atoms with Crippen molar-refractivity contribution in [3.05, 3.63) is 5.82 Å². The van der Waals surface area contributed by atoms with Crippen LogP contribution in [0.15, 0.2) is 0 Å². The highest BCUT2D eigenvalue weighted by molar-refractivity contribution is 5.90. The molecule has 1 saturated heterocycles. The summed E-state index contributed by atoms with van der Waals surface area (Å²) in [6.07, 6.45) is 0. The SMILES string of the molecule is O=C(NC1COCC1C(=O)O)c1nn[nH]n1. The Morgan fingerprint density at radius 2 is 2.31 bits per heavy atom. The van der Waals surface area contributed by atoms with Gasteiger partial charge in [-0.25, -0.2) is 0 Å². The molecule has 0 bridgehead atoms. The Morgan fingerprint density at radius 3 is 2.94 bits per heavy atom. The number of rotatable bonds is 3. The first-order chi connectivity index (χ1) is 7.68. The van der Waals surface area contributed by atoms with E-state index in [2.05, 4.69) is 25.9 Å². The van der Waals surface area contributed by atoms with E-state index in [9.17, 15) is 9.59 Å². The third kappa shape index (κ3) is 1.98. The van der Waals surface area contributed by atoms with Gasteiger partial charge in [-0.3, -0.25) is 9.59 Å². The predicted molar refractivity (Wildman–Crippen MR) is 47.4 cm³/mol. The monoisotopic (exact) mass is 227 g/mol. The first-order valence-electron chi connectivity index (χ1n) is 4.53. The van der Waals surface area contributed by atoms with Crippen LogP contribution in [0.5, 0.6) is 0 Å². The van der Waals surface area contributed by atoms with Crippen molar-refractivity contribution in [2.24, 2.45) is 5.92 Å². The zero-order valence-electron chi connectivity index (χ0n) is 8.08. The Balaban J connectivity index is 1.99. The second-order valence-electron chi connectivity index (χ2n) is 3.30. The second-order valence-corrected chi connectivity index (χ2v) is 3.30. The van der Waals surface area contributed by atoms with Crippen molar-refractivity contribution in [3.8, 4) is 0 Å². The normalized spacial score (nSPS) is 24.2. The molecule has 9 heteroatoms. The summed E-state index contributed by atoms with van der Waals surface area (Å²) >= 11 is 0. The van der Waals surface area contributed by atoms with E-state index in [4.69, 9.17) is 9.84 Å². The first-order valence-corrected chi connectivity index (χ1v) is 4.53. The third-order valence-electron chi connectivity index (χ3n) is 2.26. The number of carboxylic acid groups (broad SMARTS) is 1. The molecule has 1 amide bonds. The molecule has 1 aliphatic heterocycles. The van der Waals surface area contributed by atoms with Crippen molar-refractivity contribution >= 4 is 11.9 Å². The van der Waals surface area contributed by atoms with Gasteiger partial charge in [0.15, 0.2) is 0 Å². The van der Waals surface area contributed by atoms with Gasteiger partial charge in [-0.1, -0.05) is 0 Å². The van der Waals surface area contributed by atoms with Gasteiger partial charge in [0.05, 0.1) is 19.3 Å². The number of aliphatic carboxylic acids is 1. The summed E-state index contributed by atoms with van der Waals surface area (Å²) in [7, 11) is 0. The van der Waals surface area contributed by atoms with Crippen molar-refractivity contribution < 1.29 is 19.4 Å². The van der Waals surface area contributed by atoms with Crippen molar-refractivity contribution in [1.82, 2.24) is 25.9 Å². The summed E-state index contributed by atoms with van der Waals surface area (Å²) in [5, 5.41) is 23.6. The lowest BCUT2D eigenvalue weighted by Gasteiger charge is -2.13. The molecule has 1 aliphatic rings. The number of nitrogens with zero attached hydrogens (tertiary/aromatic N) is 3. The molecule has 0 saturated carbocycles. The van der Waals surface area contributed by atoms with Gasteiger partial charge in [-0.05, 0) is 5.21 Å². The number of aromatic amines is 1. The van der Waals surface area contributed by atoms with Crippen LogP contribution in [0.1, 0.15) is 10.6 Å². The molecule has 0 spiro atoms. The quantitative estimate of drug-likeness (QED) is 0.545. The molecule has 2 rings (SSSR count). The highest BCUT2D eigenvalue weighted by Gasteiger charge is 2.35. The number of carbonyl (C=O) groups excluding carboxylic acids is 1. The first kappa shape index (κ1) is 10.5. The Morgan fingerprint density at radius 1 is 1.50 bits per heavy atom. The minimum Gasteiger partial charge on any atom is -0.481 e. The molecular weight excluding hydrogens is 218 g/mol. The molecule has 1 aromatic rings. The smallest absolute Gasteiger partial charge is 0.311 e. The fraction of sp³-hybridized carbons (Fsp3) is 0.571. The molecule has 2 heterocycles. The molecule has 2 atom stereocenters. The van der Waals surface area contributed by atoms with Crippen molar-refractivity contribution in [1.29, 1.82) is 0 Å². The number of hydrogen-bond donors (Lipinski definition) is 3. The maximum atomic E-state index is 11.5. The summed E-state index contributed by atoms with van der Waals surface area (Å²) in [6.45, 7) is 0.257. The van der Waals surface area contributed by atoms with E-state index in [-0.39, 0.29) is 19.0 Å². The predicted octanol–water partition coefficient (Wildman–Crippen LogP) is -1.97. The lowest BCUT2D eigenvalue weighted by Crippen LogP contribution is -2.43. The number of nitrogens with one attached hydrogen (secondary N) is 2. The van der Waals surface area contributed by atoms with E-state index in [1.807, 2.05) is 0 Å². The Hall–Kier alpha value is -2.03. The van der Waals surface area contributed by atoms with Gasteiger partial charge in [0.2, 0.25) is 0 Å². The highest BCUT2D eigenvalue weighted by atomic mass is 16.5. The molecule has 86 valence electrons. The molecule has 16 heavy (non-hydrogen) atoms. The lowest BCUT2D eigenvalue weighted by molar-refractivity contribution is -0.142. The summed E-state index contributed by atoms with van der Waals surface area (Å²) in [5.41, 5.74) is 0. The number of tetrazole rings is 1. The summed E-state index contributed by atoms with van der Waals surface area (Å²) in [5.74, 6) is -2.45. The van der Waals surface area contributed by atoms with Gasteiger partial charge in [0, 0.05) is 0 Å². The average Bonchev–Trinajstić information content (AvgIpc) is 2.86. The van der Waals surface area contributed by atoms with E-state index >= 15 is 0 Å². The van der Waals surface area contributed by atoms with Crippen LogP contribution in [0.4, 0.5) is 0 Å². The van der Waals surface area contributed by atoms with Crippen LogP contribution in [-0.4, -0.2) is 56.9 Å². The van der Waals surface area contributed by atoms with Gasteiger partial charge in [-0.2, -0.15) is 5.21 Å². The molecule has 1 fully saturated rings. The van der Waals surface area contributed by atoms with Crippen molar-refractivity contribution in [2.45, 2.75) is 6.04 Å². The van der Waals surface area contributed by atoms with E-state index in [0.717, 1.165) is 0 Å². The van der Waals surface area contributed by atoms with E-state index in [0.29, 0.717) is 0 Å². The molecule has 0 radical (unpaired) electrons. The fourth-order valence-electron chi connectivity index (χ4n) is 1.43. The molecule has 2 unspecified atom stereocenters. The largest absolute Gasteiger partial charge is 0.481 e. The number of hydrogen-bond acceptors (Lipinski definition) is 6. The maximum absolute atomic E-state index is 11.5. The van der Waals surface area contributed by atoms with E-state index in [1.165, 1.54) is 0 Å². The van der Waals surface area contributed by atoms with Gasteiger partial charge in [0.1, 0.15) is 5.92 Å². The number of carboxylic acids is 1. The summed E-state index contributed by atoms with van der Waals surface area (Å²) in [4.78, 5) is 22.3. The summed E-state index contributed by atoms with van der Waals surface area (Å²) in [6, 6.07) is -0.566. The van der Waals surface area contributed by atoms with Gasteiger partial charge >= 0.3 is 5.97 Å².